The van der Waals surface area contributed by atoms with Crippen LogP contribution in [0.5, 0.6) is 0 Å². The fourth-order valence-electron chi connectivity index (χ4n) is 3.85. The van der Waals surface area contributed by atoms with Crippen molar-refractivity contribution in [1.29, 1.82) is 0 Å². The first-order valence-corrected chi connectivity index (χ1v) is 10.2. The Morgan fingerprint density at radius 1 is 1.31 bits per heavy atom. The molecule has 4 heterocycles. The number of anilines is 1. The number of rotatable bonds is 5. The number of pyridine rings is 1. The quantitative estimate of drug-likeness (QED) is 0.872. The Kier molecular flexibility index (Phi) is 5.57. The maximum atomic E-state index is 12.4. The van der Waals surface area contributed by atoms with E-state index in [2.05, 4.69) is 20.2 Å². The number of hydrogen-bond donors (Lipinski definition) is 1. The second-order valence-electron chi connectivity index (χ2n) is 6.95. The minimum atomic E-state index is -0.198. The summed E-state index contributed by atoms with van der Waals surface area (Å²) in [6.45, 7) is 3.98. The Balaban J connectivity index is 1.45. The highest BCUT2D eigenvalue weighted by atomic mass is 32.1. The largest absolute Gasteiger partial charge is 0.381 e. The summed E-state index contributed by atoms with van der Waals surface area (Å²) in [6.07, 6.45) is 6.26. The van der Waals surface area contributed by atoms with E-state index in [0.29, 0.717) is 22.8 Å². The second kappa shape index (κ2) is 8.24. The summed E-state index contributed by atoms with van der Waals surface area (Å²) in [5.41, 5.74) is 1.46. The van der Waals surface area contributed by atoms with Crippen molar-refractivity contribution in [2.75, 3.05) is 31.6 Å². The lowest BCUT2D eigenvalue weighted by Gasteiger charge is -2.30. The molecule has 6 nitrogen and oxygen atoms in total. The van der Waals surface area contributed by atoms with Crippen molar-refractivity contribution in [3.63, 3.8) is 0 Å². The molecule has 0 saturated carbocycles. The molecule has 0 aromatic carbocycles. The fourth-order valence-corrected chi connectivity index (χ4v) is 4.37. The van der Waals surface area contributed by atoms with Crippen LogP contribution in [0.15, 0.2) is 29.8 Å². The van der Waals surface area contributed by atoms with Crippen molar-refractivity contribution >= 4 is 22.4 Å². The molecule has 2 aromatic heterocycles. The van der Waals surface area contributed by atoms with Gasteiger partial charge in [-0.15, -0.1) is 11.3 Å². The molecule has 4 rings (SSSR count). The van der Waals surface area contributed by atoms with E-state index in [0.717, 1.165) is 51.3 Å². The average molecular weight is 372 g/mol. The minimum Gasteiger partial charge on any atom is -0.381 e. The Morgan fingerprint density at radius 2 is 2.19 bits per heavy atom. The Bertz CT molecular complexity index is 731. The van der Waals surface area contributed by atoms with Gasteiger partial charge in [-0.2, -0.15) is 0 Å². The molecule has 0 unspecified atom stereocenters. The van der Waals surface area contributed by atoms with Crippen LogP contribution in [0.1, 0.15) is 47.9 Å². The maximum absolute atomic E-state index is 12.4. The summed E-state index contributed by atoms with van der Waals surface area (Å²) < 4.78 is 5.48. The van der Waals surface area contributed by atoms with Crippen molar-refractivity contribution in [2.45, 2.75) is 31.7 Å². The Labute approximate surface area is 157 Å². The van der Waals surface area contributed by atoms with Crippen LogP contribution in [-0.4, -0.2) is 47.1 Å². The summed E-state index contributed by atoms with van der Waals surface area (Å²) in [6, 6.07) is 6.06. The van der Waals surface area contributed by atoms with Crippen molar-refractivity contribution in [3.05, 3.63) is 41.2 Å². The number of thiazole rings is 1. The molecule has 2 aromatic rings. The first-order valence-electron chi connectivity index (χ1n) is 9.29. The summed E-state index contributed by atoms with van der Waals surface area (Å²) in [5.74, 6) is 0.511. The van der Waals surface area contributed by atoms with Gasteiger partial charge in [0.15, 0.2) is 5.13 Å². The number of ether oxygens (including phenoxy) is 1. The predicted octanol–water partition coefficient (Wildman–Crippen LogP) is 3.35. The zero-order valence-electron chi connectivity index (χ0n) is 14.8. The lowest BCUT2D eigenvalue weighted by atomic mass is 9.99. The molecule has 2 saturated heterocycles. The maximum Gasteiger partial charge on any atom is 0.276 e. The molecule has 1 N–H and O–H groups in total. The zero-order valence-corrected chi connectivity index (χ0v) is 15.6. The number of nitrogens with zero attached hydrogens (tertiary/aromatic N) is 3. The van der Waals surface area contributed by atoms with Crippen LogP contribution in [0.3, 0.4) is 0 Å². The summed E-state index contributed by atoms with van der Waals surface area (Å²) in [5, 5.41) is 5.25. The molecule has 1 amide bonds. The third-order valence-corrected chi connectivity index (χ3v) is 5.88. The number of nitrogens with one attached hydrogen (secondary N) is 1. The van der Waals surface area contributed by atoms with Crippen LogP contribution >= 0.6 is 11.3 Å². The highest BCUT2D eigenvalue weighted by Crippen LogP contribution is 2.33. The Morgan fingerprint density at radius 3 is 3.00 bits per heavy atom. The van der Waals surface area contributed by atoms with Crippen molar-refractivity contribution in [3.8, 4) is 0 Å². The van der Waals surface area contributed by atoms with E-state index in [1.807, 2.05) is 17.5 Å². The highest BCUT2D eigenvalue weighted by molar-refractivity contribution is 7.13. The van der Waals surface area contributed by atoms with Crippen molar-refractivity contribution in [2.24, 2.45) is 5.92 Å². The lowest BCUT2D eigenvalue weighted by molar-refractivity contribution is 0.0504. The topological polar surface area (TPSA) is 67.4 Å². The minimum absolute atomic E-state index is 0.198. The summed E-state index contributed by atoms with van der Waals surface area (Å²) in [7, 11) is 0. The second-order valence-corrected chi connectivity index (χ2v) is 7.84. The Hall–Kier alpha value is -1.83. The van der Waals surface area contributed by atoms with Gasteiger partial charge in [0, 0.05) is 31.3 Å². The number of hydrogen-bond acceptors (Lipinski definition) is 6. The molecule has 0 spiro atoms. The third-order valence-electron chi connectivity index (χ3n) is 5.19. The molecule has 26 heavy (non-hydrogen) atoms. The van der Waals surface area contributed by atoms with Gasteiger partial charge >= 0.3 is 0 Å². The average Bonchev–Trinajstić information content (AvgIpc) is 3.35. The molecule has 0 radical (unpaired) electrons. The van der Waals surface area contributed by atoms with E-state index in [9.17, 15) is 4.79 Å². The zero-order chi connectivity index (χ0) is 17.8. The third kappa shape index (κ3) is 4.11. The van der Waals surface area contributed by atoms with Crippen LogP contribution in [0, 0.1) is 5.92 Å². The first kappa shape index (κ1) is 17.6. The van der Waals surface area contributed by atoms with Crippen LogP contribution in [0.25, 0.3) is 0 Å². The monoisotopic (exact) mass is 372 g/mol. The van der Waals surface area contributed by atoms with E-state index in [4.69, 9.17) is 4.74 Å². The van der Waals surface area contributed by atoms with E-state index >= 15 is 0 Å². The SMILES string of the molecule is O=C(Nc1nccs1)c1cccc([C@@H]2CCCN2CC2CCOCC2)n1. The van der Waals surface area contributed by atoms with E-state index in [1.54, 1.807) is 12.3 Å². The van der Waals surface area contributed by atoms with Gasteiger partial charge in [-0.3, -0.25) is 15.0 Å². The molecule has 138 valence electrons. The molecule has 2 aliphatic heterocycles. The van der Waals surface area contributed by atoms with Gasteiger partial charge in [-0.25, -0.2) is 9.97 Å². The van der Waals surface area contributed by atoms with E-state index in [1.165, 1.54) is 17.8 Å². The van der Waals surface area contributed by atoms with Crippen LogP contribution < -0.4 is 5.32 Å². The van der Waals surface area contributed by atoms with Gasteiger partial charge in [0.2, 0.25) is 0 Å². The molecule has 0 bridgehead atoms. The molecule has 0 aliphatic carbocycles. The molecular weight excluding hydrogens is 348 g/mol. The summed E-state index contributed by atoms with van der Waals surface area (Å²) >= 11 is 1.41. The van der Waals surface area contributed by atoms with Gasteiger partial charge in [0.25, 0.3) is 5.91 Å². The highest BCUT2D eigenvalue weighted by Gasteiger charge is 2.30. The number of carbonyl (C=O) groups is 1. The van der Waals surface area contributed by atoms with Crippen LogP contribution in [-0.2, 0) is 4.74 Å². The van der Waals surface area contributed by atoms with Gasteiger partial charge < -0.3 is 4.74 Å². The van der Waals surface area contributed by atoms with E-state index < -0.39 is 0 Å². The van der Waals surface area contributed by atoms with Gasteiger partial charge in [-0.1, -0.05) is 6.07 Å². The molecule has 2 fully saturated rings. The smallest absolute Gasteiger partial charge is 0.276 e. The number of aromatic nitrogens is 2. The number of likely N-dealkylation sites (tertiary alicyclic amines) is 1. The predicted molar refractivity (Wildman–Crippen MR) is 101 cm³/mol. The molecule has 1 atom stereocenters. The normalized spacial score (nSPS) is 21.8. The summed E-state index contributed by atoms with van der Waals surface area (Å²) in [4.78, 5) is 23.8. The van der Waals surface area contributed by atoms with Gasteiger partial charge in [0.1, 0.15) is 5.69 Å². The fraction of sp³-hybridized carbons (Fsp3) is 0.526. The van der Waals surface area contributed by atoms with Crippen LogP contribution in [0.4, 0.5) is 5.13 Å². The number of amides is 1. The number of carbonyl (C=O) groups excluding carboxylic acids is 1. The lowest BCUT2D eigenvalue weighted by Crippen LogP contribution is -2.32. The molecular formula is C19H24N4O2S. The standard InChI is InChI=1S/C19H24N4O2S/c24-18(22-19-20-8-12-26-19)16-4-1-3-15(21-16)17-5-2-9-23(17)13-14-6-10-25-11-7-14/h1,3-4,8,12,14,17H,2,5-7,9-11,13H2,(H,20,22,24)/t17-/m0/s1. The molecule has 2 aliphatic rings. The van der Waals surface area contributed by atoms with Gasteiger partial charge in [0.05, 0.1) is 11.7 Å². The van der Waals surface area contributed by atoms with Crippen molar-refractivity contribution in [1.82, 2.24) is 14.9 Å². The van der Waals surface area contributed by atoms with Crippen molar-refractivity contribution < 1.29 is 9.53 Å². The van der Waals surface area contributed by atoms with Crippen LogP contribution in [0.2, 0.25) is 0 Å². The first-order chi connectivity index (χ1) is 12.8. The molecule has 7 heteroatoms. The van der Waals surface area contributed by atoms with Gasteiger partial charge in [-0.05, 0) is 50.3 Å². The van der Waals surface area contributed by atoms with E-state index in [-0.39, 0.29) is 5.91 Å².